The van der Waals surface area contributed by atoms with Gasteiger partial charge in [-0.15, -0.1) is 0 Å². The first-order valence-electron chi connectivity index (χ1n) is 5.65. The van der Waals surface area contributed by atoms with Crippen molar-refractivity contribution in [2.45, 2.75) is 19.8 Å². The highest BCUT2D eigenvalue weighted by Crippen LogP contribution is 2.32. The summed E-state index contributed by atoms with van der Waals surface area (Å²) in [6, 6.07) is 8.26. The first-order valence-corrected chi connectivity index (χ1v) is 5.65. The van der Waals surface area contributed by atoms with Crippen LogP contribution in [0.15, 0.2) is 59.4 Å². The summed E-state index contributed by atoms with van der Waals surface area (Å²) in [5.74, 6) is 2.02. The van der Waals surface area contributed by atoms with Gasteiger partial charge in [0.15, 0.2) is 0 Å². The molecular formula is C15H14O. The van der Waals surface area contributed by atoms with E-state index < -0.39 is 0 Å². The van der Waals surface area contributed by atoms with Gasteiger partial charge in [-0.25, -0.2) is 0 Å². The van der Waals surface area contributed by atoms with Crippen molar-refractivity contribution in [3.63, 3.8) is 0 Å². The molecule has 1 aliphatic heterocycles. The van der Waals surface area contributed by atoms with E-state index in [1.165, 1.54) is 16.7 Å². The van der Waals surface area contributed by atoms with E-state index in [9.17, 15) is 0 Å². The first-order chi connectivity index (χ1) is 7.83. The molecule has 0 radical (unpaired) electrons. The first kappa shape index (κ1) is 9.46. The standard InChI is InChI=1S/C15H14O/c1-11-5-4-7-13-10-12-6-2-3-8-14(12)16-15(13)9-11/h2-4,6-9H,5,10H2,1H3. The van der Waals surface area contributed by atoms with E-state index in [0.29, 0.717) is 0 Å². The van der Waals surface area contributed by atoms with E-state index in [2.05, 4.69) is 37.3 Å². The molecule has 0 unspecified atom stereocenters. The van der Waals surface area contributed by atoms with Crippen molar-refractivity contribution in [1.82, 2.24) is 0 Å². The Balaban J connectivity index is 2.06. The zero-order chi connectivity index (χ0) is 11.0. The summed E-state index contributed by atoms with van der Waals surface area (Å²) >= 11 is 0. The van der Waals surface area contributed by atoms with Crippen LogP contribution in [0.25, 0.3) is 0 Å². The lowest BCUT2D eigenvalue weighted by atomic mass is 10.0. The predicted molar refractivity (Wildman–Crippen MR) is 65.3 cm³/mol. The van der Waals surface area contributed by atoms with E-state index in [1.54, 1.807) is 0 Å². The molecule has 0 fully saturated rings. The smallest absolute Gasteiger partial charge is 0.130 e. The summed E-state index contributed by atoms with van der Waals surface area (Å²) in [7, 11) is 0. The summed E-state index contributed by atoms with van der Waals surface area (Å²) in [5.41, 5.74) is 3.91. The number of hydrogen-bond acceptors (Lipinski definition) is 1. The maximum atomic E-state index is 5.94. The lowest BCUT2D eigenvalue weighted by Gasteiger charge is -2.19. The minimum Gasteiger partial charge on any atom is -0.457 e. The average Bonchev–Trinajstić information content (AvgIpc) is 2.46. The number of fused-ring (bicyclic) bond motifs is 1. The van der Waals surface area contributed by atoms with Gasteiger partial charge in [-0.3, -0.25) is 0 Å². The highest BCUT2D eigenvalue weighted by atomic mass is 16.5. The zero-order valence-electron chi connectivity index (χ0n) is 9.36. The molecule has 0 spiro atoms. The Bertz CT molecular complexity index is 518. The minimum atomic E-state index is 0.978. The largest absolute Gasteiger partial charge is 0.457 e. The molecule has 0 atom stereocenters. The van der Waals surface area contributed by atoms with Gasteiger partial charge >= 0.3 is 0 Å². The Morgan fingerprint density at radius 3 is 3.00 bits per heavy atom. The Morgan fingerprint density at radius 1 is 1.19 bits per heavy atom. The molecule has 3 rings (SSSR count). The second-order valence-corrected chi connectivity index (χ2v) is 4.37. The van der Waals surface area contributed by atoms with Crippen molar-refractivity contribution < 1.29 is 4.74 Å². The van der Waals surface area contributed by atoms with E-state index in [1.807, 2.05) is 12.1 Å². The van der Waals surface area contributed by atoms with Gasteiger partial charge in [0.25, 0.3) is 0 Å². The number of para-hydroxylation sites is 1. The van der Waals surface area contributed by atoms with Gasteiger partial charge in [-0.05, 0) is 36.6 Å². The van der Waals surface area contributed by atoms with Crippen LogP contribution >= 0.6 is 0 Å². The molecule has 2 aliphatic rings. The fraction of sp³-hybridized carbons (Fsp3) is 0.200. The minimum absolute atomic E-state index is 0.978. The predicted octanol–water partition coefficient (Wildman–Crippen LogP) is 3.78. The molecule has 0 bridgehead atoms. The fourth-order valence-corrected chi connectivity index (χ4v) is 2.16. The molecule has 0 saturated heterocycles. The molecule has 1 heterocycles. The van der Waals surface area contributed by atoms with Crippen LogP contribution in [0.2, 0.25) is 0 Å². The van der Waals surface area contributed by atoms with Crippen LogP contribution in [0.1, 0.15) is 18.9 Å². The van der Waals surface area contributed by atoms with Gasteiger partial charge in [0, 0.05) is 6.42 Å². The summed E-state index contributed by atoms with van der Waals surface area (Å²) in [5, 5.41) is 0. The molecule has 1 aromatic carbocycles. The molecule has 16 heavy (non-hydrogen) atoms. The summed E-state index contributed by atoms with van der Waals surface area (Å²) < 4.78 is 5.94. The van der Waals surface area contributed by atoms with Crippen molar-refractivity contribution in [2.24, 2.45) is 0 Å². The van der Waals surface area contributed by atoms with E-state index in [0.717, 1.165) is 24.4 Å². The van der Waals surface area contributed by atoms with Gasteiger partial charge in [0.1, 0.15) is 11.5 Å². The number of hydrogen-bond donors (Lipinski definition) is 0. The maximum Gasteiger partial charge on any atom is 0.130 e. The van der Waals surface area contributed by atoms with Gasteiger partial charge in [-0.1, -0.05) is 35.9 Å². The van der Waals surface area contributed by atoms with E-state index in [4.69, 9.17) is 4.74 Å². The van der Waals surface area contributed by atoms with Crippen LogP contribution in [-0.2, 0) is 6.42 Å². The van der Waals surface area contributed by atoms with Crippen LogP contribution in [0.5, 0.6) is 5.75 Å². The highest BCUT2D eigenvalue weighted by molar-refractivity contribution is 5.48. The van der Waals surface area contributed by atoms with E-state index in [-0.39, 0.29) is 0 Å². The average molecular weight is 210 g/mol. The number of allylic oxidation sites excluding steroid dienone is 5. The molecule has 1 aromatic rings. The molecule has 80 valence electrons. The third-order valence-electron chi connectivity index (χ3n) is 3.03. The maximum absolute atomic E-state index is 5.94. The fourth-order valence-electron chi connectivity index (χ4n) is 2.16. The molecular weight excluding hydrogens is 196 g/mol. The molecule has 1 aliphatic carbocycles. The number of benzene rings is 1. The topological polar surface area (TPSA) is 9.23 Å². The number of rotatable bonds is 0. The van der Waals surface area contributed by atoms with Gasteiger partial charge in [0.2, 0.25) is 0 Å². The Kier molecular flexibility index (Phi) is 2.17. The van der Waals surface area contributed by atoms with Gasteiger partial charge in [0.05, 0.1) is 0 Å². The zero-order valence-corrected chi connectivity index (χ0v) is 9.36. The Hall–Kier alpha value is -1.76. The highest BCUT2D eigenvalue weighted by Gasteiger charge is 2.17. The third-order valence-corrected chi connectivity index (χ3v) is 3.03. The van der Waals surface area contributed by atoms with Crippen molar-refractivity contribution in [2.75, 3.05) is 0 Å². The molecule has 0 aromatic heterocycles. The molecule has 0 saturated carbocycles. The van der Waals surface area contributed by atoms with Gasteiger partial charge < -0.3 is 4.74 Å². The summed E-state index contributed by atoms with van der Waals surface area (Å²) in [6.45, 7) is 2.14. The van der Waals surface area contributed by atoms with Crippen molar-refractivity contribution in [3.05, 3.63) is 65.0 Å². The van der Waals surface area contributed by atoms with Crippen molar-refractivity contribution in [3.8, 4) is 5.75 Å². The molecule has 0 amide bonds. The monoisotopic (exact) mass is 210 g/mol. The Labute approximate surface area is 95.7 Å². The summed E-state index contributed by atoms with van der Waals surface area (Å²) in [6.07, 6.45) is 8.56. The SMILES string of the molecule is CC1=CC2=C(C=CC1)Cc1ccccc1O2. The lowest BCUT2D eigenvalue weighted by molar-refractivity contribution is 0.422. The normalized spacial score (nSPS) is 18.2. The lowest BCUT2D eigenvalue weighted by Crippen LogP contribution is -2.07. The third kappa shape index (κ3) is 1.58. The summed E-state index contributed by atoms with van der Waals surface area (Å²) in [4.78, 5) is 0. The van der Waals surface area contributed by atoms with Crippen LogP contribution < -0.4 is 4.74 Å². The van der Waals surface area contributed by atoms with Gasteiger partial charge in [-0.2, -0.15) is 0 Å². The van der Waals surface area contributed by atoms with Crippen LogP contribution in [-0.4, -0.2) is 0 Å². The second kappa shape index (κ2) is 3.67. The van der Waals surface area contributed by atoms with Crippen LogP contribution in [0, 0.1) is 0 Å². The van der Waals surface area contributed by atoms with Crippen molar-refractivity contribution >= 4 is 0 Å². The molecule has 1 heteroatoms. The number of ether oxygens (including phenoxy) is 1. The van der Waals surface area contributed by atoms with Crippen LogP contribution in [0.4, 0.5) is 0 Å². The molecule has 0 N–H and O–H groups in total. The quantitative estimate of drug-likeness (QED) is 0.633. The Morgan fingerprint density at radius 2 is 2.06 bits per heavy atom. The second-order valence-electron chi connectivity index (χ2n) is 4.37. The molecule has 1 nitrogen and oxygen atoms in total. The van der Waals surface area contributed by atoms with Crippen LogP contribution in [0.3, 0.4) is 0 Å². The van der Waals surface area contributed by atoms with E-state index >= 15 is 0 Å². The van der Waals surface area contributed by atoms with Crippen molar-refractivity contribution in [1.29, 1.82) is 0 Å².